The number of halogens is 4. The molecule has 0 saturated carbocycles. The van der Waals surface area contributed by atoms with Crippen LogP contribution < -0.4 is 5.32 Å². The molecule has 1 aromatic carbocycles. The number of carbonyl (C=O) groups excluding carboxylic acids is 1. The lowest BCUT2D eigenvalue weighted by atomic mass is 10.1. The van der Waals surface area contributed by atoms with E-state index in [4.69, 9.17) is 5.11 Å². The van der Waals surface area contributed by atoms with Gasteiger partial charge in [-0.2, -0.15) is 13.2 Å². The van der Waals surface area contributed by atoms with Gasteiger partial charge in [0.1, 0.15) is 11.9 Å². The molecule has 0 aliphatic rings. The topological polar surface area (TPSA) is 66.4 Å². The zero-order valence-corrected chi connectivity index (χ0v) is 10.3. The SMILES string of the molecule is CC[C@@H](NC(=O)c1cc(C(F)(F)F)ccc1F)C(=O)O. The van der Waals surface area contributed by atoms with Crippen LogP contribution in [0, 0.1) is 5.82 Å². The smallest absolute Gasteiger partial charge is 0.416 e. The minimum Gasteiger partial charge on any atom is -0.480 e. The number of benzene rings is 1. The van der Waals surface area contributed by atoms with Crippen LogP contribution in [0.1, 0.15) is 29.3 Å². The summed E-state index contributed by atoms with van der Waals surface area (Å²) >= 11 is 0. The maximum absolute atomic E-state index is 13.4. The maximum atomic E-state index is 13.4. The van der Waals surface area contributed by atoms with E-state index in [1.807, 2.05) is 5.32 Å². The van der Waals surface area contributed by atoms with Crippen LogP contribution in [0.4, 0.5) is 17.6 Å². The highest BCUT2D eigenvalue weighted by Gasteiger charge is 2.32. The quantitative estimate of drug-likeness (QED) is 0.838. The van der Waals surface area contributed by atoms with E-state index in [-0.39, 0.29) is 6.42 Å². The van der Waals surface area contributed by atoms with Gasteiger partial charge >= 0.3 is 12.1 Å². The molecule has 0 spiro atoms. The third kappa shape index (κ3) is 3.69. The van der Waals surface area contributed by atoms with Gasteiger partial charge in [0.2, 0.25) is 0 Å². The highest BCUT2D eigenvalue weighted by molar-refractivity contribution is 5.97. The molecule has 1 atom stereocenters. The van der Waals surface area contributed by atoms with Crippen molar-refractivity contribution in [1.82, 2.24) is 5.32 Å². The number of aliphatic carboxylic acids is 1. The van der Waals surface area contributed by atoms with Crippen LogP contribution in [-0.2, 0) is 11.0 Å². The Bertz CT molecular complexity index is 528. The van der Waals surface area contributed by atoms with Crippen LogP contribution in [0.25, 0.3) is 0 Å². The number of amides is 1. The van der Waals surface area contributed by atoms with Crippen molar-refractivity contribution in [2.75, 3.05) is 0 Å². The lowest BCUT2D eigenvalue weighted by Gasteiger charge is -2.14. The lowest BCUT2D eigenvalue weighted by Crippen LogP contribution is -2.40. The van der Waals surface area contributed by atoms with E-state index in [9.17, 15) is 27.2 Å². The van der Waals surface area contributed by atoms with Gasteiger partial charge < -0.3 is 10.4 Å². The zero-order chi connectivity index (χ0) is 15.5. The van der Waals surface area contributed by atoms with E-state index in [2.05, 4.69) is 0 Å². The van der Waals surface area contributed by atoms with Gasteiger partial charge in [-0.1, -0.05) is 6.92 Å². The molecular weight excluding hydrogens is 282 g/mol. The van der Waals surface area contributed by atoms with Crippen molar-refractivity contribution < 1.29 is 32.3 Å². The predicted octanol–water partition coefficient (Wildman–Crippen LogP) is 2.44. The molecule has 4 nitrogen and oxygen atoms in total. The summed E-state index contributed by atoms with van der Waals surface area (Å²) < 4.78 is 50.8. The Kier molecular flexibility index (Phi) is 4.69. The Morgan fingerprint density at radius 2 is 1.95 bits per heavy atom. The summed E-state index contributed by atoms with van der Waals surface area (Å²) in [5.41, 5.74) is -2.04. The second-order valence-corrected chi connectivity index (χ2v) is 3.96. The van der Waals surface area contributed by atoms with Gasteiger partial charge in [-0.05, 0) is 24.6 Å². The molecule has 1 rings (SSSR count). The van der Waals surface area contributed by atoms with Crippen LogP contribution >= 0.6 is 0 Å². The zero-order valence-electron chi connectivity index (χ0n) is 10.3. The summed E-state index contributed by atoms with van der Waals surface area (Å²) in [6, 6.07) is 0.0655. The lowest BCUT2D eigenvalue weighted by molar-refractivity contribution is -0.139. The summed E-state index contributed by atoms with van der Waals surface area (Å²) in [5.74, 6) is -3.72. The molecule has 0 unspecified atom stereocenters. The van der Waals surface area contributed by atoms with Crippen molar-refractivity contribution in [3.63, 3.8) is 0 Å². The number of hydrogen-bond donors (Lipinski definition) is 2. The molecule has 0 bridgehead atoms. The van der Waals surface area contributed by atoms with E-state index < -0.39 is 41.0 Å². The van der Waals surface area contributed by atoms with Gasteiger partial charge in [0.25, 0.3) is 5.91 Å². The van der Waals surface area contributed by atoms with Crippen molar-refractivity contribution in [2.24, 2.45) is 0 Å². The maximum Gasteiger partial charge on any atom is 0.416 e. The number of nitrogens with one attached hydrogen (secondary N) is 1. The molecule has 110 valence electrons. The molecule has 1 amide bonds. The molecule has 0 aromatic heterocycles. The molecule has 0 heterocycles. The van der Waals surface area contributed by atoms with Gasteiger partial charge in [-0.3, -0.25) is 4.79 Å². The molecule has 0 aliphatic carbocycles. The summed E-state index contributed by atoms with van der Waals surface area (Å²) in [6.07, 6.45) is -4.71. The minimum absolute atomic E-state index is 0.0155. The van der Waals surface area contributed by atoms with E-state index in [0.717, 1.165) is 0 Å². The van der Waals surface area contributed by atoms with Crippen molar-refractivity contribution in [3.8, 4) is 0 Å². The largest absolute Gasteiger partial charge is 0.480 e. The second kappa shape index (κ2) is 5.89. The van der Waals surface area contributed by atoms with Crippen LogP contribution in [-0.4, -0.2) is 23.0 Å². The van der Waals surface area contributed by atoms with Crippen molar-refractivity contribution in [2.45, 2.75) is 25.6 Å². The highest BCUT2D eigenvalue weighted by atomic mass is 19.4. The first-order valence-electron chi connectivity index (χ1n) is 5.57. The Morgan fingerprint density at radius 3 is 2.40 bits per heavy atom. The fourth-order valence-corrected chi connectivity index (χ4v) is 1.45. The number of carbonyl (C=O) groups is 2. The number of alkyl halides is 3. The highest BCUT2D eigenvalue weighted by Crippen LogP contribution is 2.30. The Morgan fingerprint density at radius 1 is 1.35 bits per heavy atom. The van der Waals surface area contributed by atoms with Gasteiger partial charge in [0.05, 0.1) is 11.1 Å². The molecule has 1 aromatic rings. The average Bonchev–Trinajstić information content (AvgIpc) is 2.34. The van der Waals surface area contributed by atoms with Crippen LogP contribution in [0.3, 0.4) is 0 Å². The molecule has 0 saturated heterocycles. The molecule has 2 N–H and O–H groups in total. The van der Waals surface area contributed by atoms with Crippen LogP contribution in [0.5, 0.6) is 0 Å². The van der Waals surface area contributed by atoms with E-state index in [1.165, 1.54) is 6.92 Å². The summed E-state index contributed by atoms with van der Waals surface area (Å²) in [7, 11) is 0. The normalized spacial score (nSPS) is 12.8. The Labute approximate surface area is 111 Å². The molecule has 0 radical (unpaired) electrons. The van der Waals surface area contributed by atoms with Crippen LogP contribution in [0.15, 0.2) is 18.2 Å². The van der Waals surface area contributed by atoms with Crippen molar-refractivity contribution >= 4 is 11.9 Å². The Hall–Kier alpha value is -2.12. The van der Waals surface area contributed by atoms with E-state index in [1.54, 1.807) is 0 Å². The number of hydrogen-bond acceptors (Lipinski definition) is 2. The second-order valence-electron chi connectivity index (χ2n) is 3.96. The third-order valence-electron chi connectivity index (χ3n) is 2.55. The van der Waals surface area contributed by atoms with Crippen LogP contribution in [0.2, 0.25) is 0 Å². The average molecular weight is 293 g/mol. The van der Waals surface area contributed by atoms with Gasteiger partial charge in [0, 0.05) is 0 Å². The first kappa shape index (κ1) is 15.9. The van der Waals surface area contributed by atoms with E-state index in [0.29, 0.717) is 18.2 Å². The predicted molar refractivity (Wildman–Crippen MR) is 60.6 cm³/mol. The first-order valence-corrected chi connectivity index (χ1v) is 5.57. The van der Waals surface area contributed by atoms with Gasteiger partial charge in [-0.25, -0.2) is 9.18 Å². The first-order chi connectivity index (χ1) is 9.16. The molecule has 0 aliphatic heterocycles. The molecule has 8 heteroatoms. The number of rotatable bonds is 4. The number of carboxylic acid groups (broad SMARTS) is 1. The standard InChI is InChI=1S/C12H11F4NO3/c1-2-9(11(19)20)17-10(18)7-5-6(12(14,15)16)3-4-8(7)13/h3-5,9H,2H2,1H3,(H,17,18)(H,19,20)/t9-/m1/s1. The van der Waals surface area contributed by atoms with Gasteiger partial charge in [-0.15, -0.1) is 0 Å². The minimum atomic E-state index is -4.72. The monoisotopic (exact) mass is 293 g/mol. The van der Waals surface area contributed by atoms with E-state index >= 15 is 0 Å². The van der Waals surface area contributed by atoms with Gasteiger partial charge in [0.15, 0.2) is 0 Å². The molecule has 0 fully saturated rings. The number of carboxylic acids is 1. The fourth-order valence-electron chi connectivity index (χ4n) is 1.45. The molecular formula is C12H11F4NO3. The fraction of sp³-hybridized carbons (Fsp3) is 0.333. The molecule has 20 heavy (non-hydrogen) atoms. The summed E-state index contributed by atoms with van der Waals surface area (Å²) in [6.45, 7) is 1.46. The summed E-state index contributed by atoms with van der Waals surface area (Å²) in [5, 5.41) is 10.7. The third-order valence-corrected chi connectivity index (χ3v) is 2.55. The summed E-state index contributed by atoms with van der Waals surface area (Å²) in [4.78, 5) is 22.4. The van der Waals surface area contributed by atoms with Crippen molar-refractivity contribution in [1.29, 1.82) is 0 Å². The Balaban J connectivity index is 3.06. The van der Waals surface area contributed by atoms with Crippen molar-refractivity contribution in [3.05, 3.63) is 35.1 Å².